The fraction of sp³-hybridized carbons (Fsp3) is 0.267. The summed E-state index contributed by atoms with van der Waals surface area (Å²) in [7, 11) is 0. The zero-order valence-electron chi connectivity index (χ0n) is 12.1. The Hall–Kier alpha value is -2.29. The molecule has 120 valence electrons. The fourth-order valence-corrected chi connectivity index (χ4v) is 2.48. The minimum Gasteiger partial charge on any atom is -0.456 e. The summed E-state index contributed by atoms with van der Waals surface area (Å²) in [5.41, 5.74) is -0.0605. The molecule has 0 radical (unpaired) electrons. The molecular formula is C15H14N2O5S. The van der Waals surface area contributed by atoms with Crippen LogP contribution in [0.5, 0.6) is 0 Å². The minimum absolute atomic E-state index is 0.0601. The molecule has 0 bridgehead atoms. The van der Waals surface area contributed by atoms with Gasteiger partial charge in [0.05, 0.1) is 13.2 Å². The number of carbonyl (C=O) groups is 2. The Labute approximate surface area is 137 Å². The van der Waals surface area contributed by atoms with Crippen LogP contribution in [0.25, 0.3) is 6.08 Å². The minimum atomic E-state index is -0.563. The molecule has 0 aromatic carbocycles. The second kappa shape index (κ2) is 6.45. The second-order valence-corrected chi connectivity index (χ2v) is 5.22. The van der Waals surface area contributed by atoms with E-state index in [1.54, 1.807) is 12.1 Å². The average Bonchev–Trinajstić information content (AvgIpc) is 3.18. The average molecular weight is 334 g/mol. The van der Waals surface area contributed by atoms with Crippen molar-refractivity contribution in [3.05, 3.63) is 41.9 Å². The van der Waals surface area contributed by atoms with E-state index >= 15 is 0 Å². The van der Waals surface area contributed by atoms with Crippen LogP contribution in [0.15, 0.2) is 34.8 Å². The lowest BCUT2D eigenvalue weighted by Gasteiger charge is -2.27. The van der Waals surface area contributed by atoms with Crippen LogP contribution in [-0.4, -0.2) is 41.6 Å². The summed E-state index contributed by atoms with van der Waals surface area (Å²) in [6.07, 6.45) is 2.34. The summed E-state index contributed by atoms with van der Waals surface area (Å²) in [6.45, 7) is 4.77. The summed E-state index contributed by atoms with van der Waals surface area (Å²) in [6, 6.07) is 3.32. The van der Waals surface area contributed by atoms with Gasteiger partial charge in [-0.25, -0.2) is 0 Å². The van der Waals surface area contributed by atoms with E-state index in [-0.39, 0.29) is 17.2 Å². The van der Waals surface area contributed by atoms with E-state index in [0.717, 1.165) is 0 Å². The van der Waals surface area contributed by atoms with Gasteiger partial charge in [0.2, 0.25) is 6.29 Å². The molecule has 0 atom stereocenters. The quantitative estimate of drug-likeness (QED) is 0.385. The first-order chi connectivity index (χ1) is 11.1. The topological polar surface area (TPSA) is 81.0 Å². The fourth-order valence-electron chi connectivity index (χ4n) is 2.23. The van der Waals surface area contributed by atoms with Crippen LogP contribution >= 0.6 is 12.2 Å². The van der Waals surface area contributed by atoms with Crippen LogP contribution in [-0.2, 0) is 19.1 Å². The van der Waals surface area contributed by atoms with E-state index in [9.17, 15) is 9.59 Å². The largest absolute Gasteiger partial charge is 0.456 e. The summed E-state index contributed by atoms with van der Waals surface area (Å²) >= 11 is 4.98. The predicted molar refractivity (Wildman–Crippen MR) is 84.0 cm³/mol. The van der Waals surface area contributed by atoms with E-state index in [1.807, 2.05) is 0 Å². The number of rotatable bonds is 4. The highest BCUT2D eigenvalue weighted by molar-refractivity contribution is 7.80. The smallest absolute Gasteiger partial charge is 0.266 e. The third kappa shape index (κ3) is 3.09. The monoisotopic (exact) mass is 334 g/mol. The van der Waals surface area contributed by atoms with Crippen molar-refractivity contribution in [2.24, 2.45) is 0 Å². The van der Waals surface area contributed by atoms with Crippen molar-refractivity contribution < 1.29 is 23.5 Å². The number of thiocarbonyl (C=S) groups is 1. The molecule has 1 N–H and O–H groups in total. The highest BCUT2D eigenvalue weighted by Gasteiger charge is 2.33. The zero-order valence-corrected chi connectivity index (χ0v) is 12.9. The standard InChI is InChI=1S/C15H14N2O5S/c1-2-5-17-13(19)10(12(18)16-15(17)23)8-9-3-4-11(22-9)14-20-6-7-21-14/h2-4,8,14H,1,5-7H2,(H,16,18,23)/b10-8-. The molecule has 0 aliphatic carbocycles. The van der Waals surface area contributed by atoms with Gasteiger partial charge >= 0.3 is 0 Å². The van der Waals surface area contributed by atoms with Crippen molar-refractivity contribution in [1.29, 1.82) is 0 Å². The first kappa shape index (κ1) is 15.6. The van der Waals surface area contributed by atoms with E-state index in [2.05, 4.69) is 11.9 Å². The first-order valence-electron chi connectivity index (χ1n) is 6.93. The van der Waals surface area contributed by atoms with Crippen LogP contribution in [0.1, 0.15) is 17.8 Å². The molecule has 0 unspecified atom stereocenters. The highest BCUT2D eigenvalue weighted by Crippen LogP contribution is 2.26. The Bertz CT molecular complexity index is 702. The van der Waals surface area contributed by atoms with E-state index in [1.165, 1.54) is 17.1 Å². The van der Waals surface area contributed by atoms with E-state index in [0.29, 0.717) is 24.7 Å². The van der Waals surface area contributed by atoms with Crippen molar-refractivity contribution in [3.63, 3.8) is 0 Å². The van der Waals surface area contributed by atoms with Gasteiger partial charge in [-0.1, -0.05) is 6.08 Å². The Morgan fingerprint density at radius 1 is 1.35 bits per heavy atom. The van der Waals surface area contributed by atoms with E-state index in [4.69, 9.17) is 26.1 Å². The number of nitrogens with zero attached hydrogens (tertiary/aromatic N) is 1. The van der Waals surface area contributed by atoms with Crippen LogP contribution in [0.4, 0.5) is 0 Å². The SMILES string of the molecule is C=CCN1C(=O)/C(=C\c2ccc(C3OCCO3)o2)C(=O)NC1=S. The van der Waals surface area contributed by atoms with Gasteiger partial charge in [0.1, 0.15) is 11.3 Å². The van der Waals surface area contributed by atoms with Crippen LogP contribution in [0.2, 0.25) is 0 Å². The second-order valence-electron chi connectivity index (χ2n) is 4.84. The molecule has 3 rings (SSSR count). The molecule has 1 aromatic heterocycles. The molecule has 3 heterocycles. The number of nitrogens with one attached hydrogen (secondary N) is 1. The van der Waals surface area contributed by atoms with Gasteiger partial charge < -0.3 is 13.9 Å². The maximum atomic E-state index is 12.4. The van der Waals surface area contributed by atoms with Gasteiger partial charge in [0.25, 0.3) is 11.8 Å². The highest BCUT2D eigenvalue weighted by atomic mass is 32.1. The Morgan fingerprint density at radius 2 is 2.09 bits per heavy atom. The number of furan rings is 1. The molecule has 2 saturated heterocycles. The molecule has 2 fully saturated rings. The van der Waals surface area contributed by atoms with Crippen LogP contribution in [0, 0.1) is 0 Å². The van der Waals surface area contributed by atoms with Crippen molar-refractivity contribution in [3.8, 4) is 0 Å². The number of amides is 2. The lowest BCUT2D eigenvalue weighted by atomic mass is 10.1. The van der Waals surface area contributed by atoms with Crippen molar-refractivity contribution >= 4 is 35.2 Å². The third-order valence-corrected chi connectivity index (χ3v) is 3.61. The molecule has 0 saturated carbocycles. The van der Waals surface area contributed by atoms with Gasteiger partial charge in [-0.3, -0.25) is 19.8 Å². The van der Waals surface area contributed by atoms with Gasteiger partial charge in [0.15, 0.2) is 10.9 Å². The molecule has 0 spiro atoms. The van der Waals surface area contributed by atoms with Crippen LogP contribution in [0.3, 0.4) is 0 Å². The molecular weight excluding hydrogens is 320 g/mol. The van der Waals surface area contributed by atoms with Gasteiger partial charge in [-0.05, 0) is 30.4 Å². The molecule has 23 heavy (non-hydrogen) atoms. The predicted octanol–water partition coefficient (Wildman–Crippen LogP) is 1.14. The lowest BCUT2D eigenvalue weighted by molar-refractivity contribution is -0.128. The Kier molecular flexibility index (Phi) is 4.37. The number of carbonyl (C=O) groups excluding carboxylic acids is 2. The number of hydrogen-bond acceptors (Lipinski definition) is 6. The van der Waals surface area contributed by atoms with Gasteiger partial charge in [-0.2, -0.15) is 0 Å². The summed E-state index contributed by atoms with van der Waals surface area (Å²) < 4.78 is 16.2. The molecule has 2 amide bonds. The molecule has 2 aliphatic heterocycles. The zero-order chi connectivity index (χ0) is 16.4. The normalized spacial score (nSPS) is 21.1. The Morgan fingerprint density at radius 3 is 2.78 bits per heavy atom. The molecule has 8 heteroatoms. The summed E-state index contributed by atoms with van der Waals surface area (Å²) in [5, 5.41) is 2.53. The molecule has 2 aliphatic rings. The number of ether oxygens (including phenoxy) is 2. The van der Waals surface area contributed by atoms with Crippen molar-refractivity contribution in [2.75, 3.05) is 19.8 Å². The van der Waals surface area contributed by atoms with Crippen LogP contribution < -0.4 is 5.32 Å². The van der Waals surface area contributed by atoms with Gasteiger partial charge in [-0.15, -0.1) is 6.58 Å². The number of hydrogen-bond donors (Lipinski definition) is 1. The lowest BCUT2D eigenvalue weighted by Crippen LogP contribution is -2.53. The molecule has 1 aromatic rings. The summed E-state index contributed by atoms with van der Waals surface area (Å²) in [5.74, 6) is -0.225. The van der Waals surface area contributed by atoms with E-state index < -0.39 is 18.1 Å². The first-order valence-corrected chi connectivity index (χ1v) is 7.33. The maximum absolute atomic E-state index is 12.4. The van der Waals surface area contributed by atoms with Crippen molar-refractivity contribution in [1.82, 2.24) is 10.2 Å². The maximum Gasteiger partial charge on any atom is 0.266 e. The third-order valence-electron chi connectivity index (χ3n) is 3.29. The van der Waals surface area contributed by atoms with Gasteiger partial charge in [0, 0.05) is 6.54 Å². The summed E-state index contributed by atoms with van der Waals surface area (Å²) in [4.78, 5) is 25.6. The Balaban J connectivity index is 1.85. The van der Waals surface area contributed by atoms with Crippen molar-refractivity contribution in [2.45, 2.75) is 6.29 Å². The molecule has 7 nitrogen and oxygen atoms in total.